The van der Waals surface area contributed by atoms with Gasteiger partial charge in [0.1, 0.15) is 11.5 Å². The molecule has 1 amide bonds. The molecule has 7 nitrogen and oxygen atoms in total. The second-order valence-electron chi connectivity index (χ2n) is 6.47. The summed E-state index contributed by atoms with van der Waals surface area (Å²) in [5, 5.41) is 13.3. The van der Waals surface area contributed by atoms with Gasteiger partial charge in [-0.15, -0.1) is 0 Å². The van der Waals surface area contributed by atoms with Crippen LogP contribution in [0.2, 0.25) is 0 Å². The van der Waals surface area contributed by atoms with Gasteiger partial charge < -0.3 is 15.5 Å². The van der Waals surface area contributed by atoms with E-state index in [9.17, 15) is 4.79 Å². The summed E-state index contributed by atoms with van der Waals surface area (Å²) >= 11 is 0. The van der Waals surface area contributed by atoms with E-state index >= 15 is 0 Å². The summed E-state index contributed by atoms with van der Waals surface area (Å²) in [6.07, 6.45) is 1.79. The van der Waals surface area contributed by atoms with Crippen LogP contribution in [0.25, 0.3) is 11.3 Å². The quantitative estimate of drug-likeness (QED) is 0.645. The predicted octanol–water partition coefficient (Wildman–Crippen LogP) is 1.81. The summed E-state index contributed by atoms with van der Waals surface area (Å²) in [6, 6.07) is 15.5. The van der Waals surface area contributed by atoms with E-state index in [0.717, 1.165) is 48.8 Å². The van der Waals surface area contributed by atoms with E-state index in [2.05, 4.69) is 30.7 Å². The van der Waals surface area contributed by atoms with Crippen LogP contribution in [-0.4, -0.2) is 47.3 Å². The largest absolute Gasteiger partial charge is 0.354 e. The summed E-state index contributed by atoms with van der Waals surface area (Å²) < 4.78 is 0. The van der Waals surface area contributed by atoms with Crippen LogP contribution in [0.5, 0.6) is 0 Å². The van der Waals surface area contributed by atoms with Gasteiger partial charge in [0.25, 0.3) is 5.91 Å². The van der Waals surface area contributed by atoms with E-state index in [4.69, 9.17) is 0 Å². The van der Waals surface area contributed by atoms with Crippen LogP contribution >= 0.6 is 0 Å². The summed E-state index contributed by atoms with van der Waals surface area (Å²) in [6.45, 7) is 4.26. The van der Waals surface area contributed by atoms with E-state index in [0.29, 0.717) is 12.2 Å². The molecule has 27 heavy (non-hydrogen) atoms. The number of carbonyl (C=O) groups is 1. The van der Waals surface area contributed by atoms with E-state index in [1.54, 1.807) is 12.3 Å². The summed E-state index contributed by atoms with van der Waals surface area (Å²) in [7, 11) is 0. The molecule has 1 aliphatic rings. The van der Waals surface area contributed by atoms with Crippen molar-refractivity contribution < 1.29 is 4.79 Å². The topological polar surface area (TPSA) is 85.9 Å². The molecule has 1 saturated heterocycles. The summed E-state index contributed by atoms with van der Waals surface area (Å²) in [5.41, 5.74) is 3.20. The standard InChI is InChI=1S/C20H22N6O/c27-20(18-13-17(24-25-18)16-4-2-1-3-5-16)23-14-15-6-7-22-19(12-15)26-10-8-21-9-11-26/h1-7,12-13,21H,8-11,14H2,(H,23,27)(H,24,25). The van der Waals surface area contributed by atoms with E-state index in [1.807, 2.05) is 42.5 Å². The molecule has 3 heterocycles. The maximum absolute atomic E-state index is 12.4. The Bertz CT molecular complexity index is 902. The Hall–Kier alpha value is -3.19. The van der Waals surface area contributed by atoms with Crippen molar-refractivity contribution in [3.63, 3.8) is 0 Å². The molecule has 4 rings (SSSR count). The number of benzene rings is 1. The third-order valence-electron chi connectivity index (χ3n) is 4.60. The second-order valence-corrected chi connectivity index (χ2v) is 6.47. The van der Waals surface area contributed by atoms with E-state index in [1.165, 1.54) is 0 Å². The number of rotatable bonds is 5. The molecule has 0 saturated carbocycles. The van der Waals surface area contributed by atoms with Crippen molar-refractivity contribution in [2.45, 2.75) is 6.54 Å². The van der Waals surface area contributed by atoms with Gasteiger partial charge in [-0.1, -0.05) is 30.3 Å². The Kier molecular flexibility index (Phi) is 5.11. The number of hydrogen-bond acceptors (Lipinski definition) is 5. The van der Waals surface area contributed by atoms with Crippen LogP contribution in [0.15, 0.2) is 54.7 Å². The fraction of sp³-hybridized carbons (Fsp3) is 0.250. The Morgan fingerprint density at radius 3 is 2.74 bits per heavy atom. The molecule has 0 unspecified atom stereocenters. The minimum atomic E-state index is -0.176. The van der Waals surface area contributed by atoms with Gasteiger partial charge in [-0.25, -0.2) is 4.98 Å². The van der Waals surface area contributed by atoms with Crippen molar-refractivity contribution in [2.75, 3.05) is 31.1 Å². The Morgan fingerprint density at radius 2 is 1.93 bits per heavy atom. The number of aromatic amines is 1. The number of hydrogen-bond donors (Lipinski definition) is 3. The fourth-order valence-electron chi connectivity index (χ4n) is 3.11. The highest BCUT2D eigenvalue weighted by Gasteiger charge is 2.13. The first-order valence-electron chi connectivity index (χ1n) is 9.09. The maximum atomic E-state index is 12.4. The molecule has 0 bridgehead atoms. The summed E-state index contributed by atoms with van der Waals surface area (Å²) in [4.78, 5) is 19.1. The van der Waals surface area contributed by atoms with Gasteiger partial charge >= 0.3 is 0 Å². The minimum Gasteiger partial charge on any atom is -0.354 e. The molecule has 0 atom stereocenters. The van der Waals surface area contributed by atoms with Crippen LogP contribution in [0.4, 0.5) is 5.82 Å². The average Bonchev–Trinajstić information content (AvgIpc) is 3.24. The zero-order chi connectivity index (χ0) is 18.5. The lowest BCUT2D eigenvalue weighted by Gasteiger charge is -2.28. The summed E-state index contributed by atoms with van der Waals surface area (Å²) in [5.74, 6) is 0.779. The molecule has 7 heteroatoms. The van der Waals surface area contributed by atoms with Crippen molar-refractivity contribution in [2.24, 2.45) is 0 Å². The first-order chi connectivity index (χ1) is 13.3. The number of piperazine rings is 1. The molecule has 2 aromatic heterocycles. The number of anilines is 1. The molecule has 3 aromatic rings. The highest BCUT2D eigenvalue weighted by molar-refractivity contribution is 5.93. The van der Waals surface area contributed by atoms with Crippen LogP contribution in [0.3, 0.4) is 0 Å². The van der Waals surface area contributed by atoms with Crippen LogP contribution in [-0.2, 0) is 6.54 Å². The van der Waals surface area contributed by atoms with E-state index < -0.39 is 0 Å². The Labute approximate surface area is 157 Å². The first-order valence-corrected chi connectivity index (χ1v) is 9.09. The highest BCUT2D eigenvalue weighted by Crippen LogP contribution is 2.17. The molecule has 138 valence electrons. The number of pyridine rings is 1. The monoisotopic (exact) mass is 362 g/mol. The lowest BCUT2D eigenvalue weighted by Crippen LogP contribution is -2.43. The molecule has 0 aliphatic carbocycles. The van der Waals surface area contributed by atoms with Crippen LogP contribution in [0, 0.1) is 0 Å². The lowest BCUT2D eigenvalue weighted by molar-refractivity contribution is 0.0946. The van der Waals surface area contributed by atoms with Gasteiger partial charge in [-0.05, 0) is 23.8 Å². The van der Waals surface area contributed by atoms with Gasteiger partial charge in [0.2, 0.25) is 0 Å². The van der Waals surface area contributed by atoms with Gasteiger partial charge in [0.05, 0.1) is 5.69 Å². The number of aromatic nitrogens is 3. The maximum Gasteiger partial charge on any atom is 0.269 e. The normalized spacial score (nSPS) is 14.1. The predicted molar refractivity (Wildman–Crippen MR) is 105 cm³/mol. The van der Waals surface area contributed by atoms with Crippen LogP contribution in [0.1, 0.15) is 16.1 Å². The van der Waals surface area contributed by atoms with Gasteiger partial charge in [0.15, 0.2) is 0 Å². The van der Waals surface area contributed by atoms with Gasteiger partial charge in [-0.3, -0.25) is 9.89 Å². The third-order valence-corrected chi connectivity index (χ3v) is 4.60. The highest BCUT2D eigenvalue weighted by atomic mass is 16.1. The number of nitrogens with one attached hydrogen (secondary N) is 3. The van der Waals surface area contributed by atoms with Crippen molar-refractivity contribution in [1.29, 1.82) is 0 Å². The molecular formula is C20H22N6O. The number of H-pyrrole nitrogens is 1. The molecule has 1 fully saturated rings. The first kappa shape index (κ1) is 17.2. The molecule has 0 radical (unpaired) electrons. The van der Waals surface area contributed by atoms with Crippen LogP contribution < -0.4 is 15.5 Å². The zero-order valence-electron chi connectivity index (χ0n) is 15.0. The number of amides is 1. The number of nitrogens with zero attached hydrogens (tertiary/aromatic N) is 3. The molecular weight excluding hydrogens is 340 g/mol. The number of carbonyl (C=O) groups excluding carboxylic acids is 1. The van der Waals surface area contributed by atoms with E-state index in [-0.39, 0.29) is 5.91 Å². The van der Waals surface area contributed by atoms with Gasteiger partial charge in [0, 0.05) is 44.5 Å². The zero-order valence-corrected chi connectivity index (χ0v) is 15.0. The van der Waals surface area contributed by atoms with Crippen molar-refractivity contribution in [1.82, 2.24) is 25.8 Å². The molecule has 1 aromatic carbocycles. The third kappa shape index (κ3) is 4.15. The van der Waals surface area contributed by atoms with Gasteiger partial charge in [-0.2, -0.15) is 5.10 Å². The molecule has 1 aliphatic heterocycles. The smallest absolute Gasteiger partial charge is 0.269 e. The molecule has 0 spiro atoms. The second kappa shape index (κ2) is 8.01. The Morgan fingerprint density at radius 1 is 1.11 bits per heavy atom. The minimum absolute atomic E-state index is 0.176. The van der Waals surface area contributed by atoms with Crippen molar-refractivity contribution >= 4 is 11.7 Å². The average molecular weight is 362 g/mol. The SMILES string of the molecule is O=C(NCc1ccnc(N2CCNCC2)c1)c1cc(-c2ccccc2)n[nH]1. The van der Waals surface area contributed by atoms with Crippen molar-refractivity contribution in [3.05, 3.63) is 66.0 Å². The molecule has 3 N–H and O–H groups in total. The fourth-order valence-corrected chi connectivity index (χ4v) is 3.11. The lowest BCUT2D eigenvalue weighted by atomic mass is 10.1. The Balaban J connectivity index is 1.39. The van der Waals surface area contributed by atoms with Crippen molar-refractivity contribution in [3.8, 4) is 11.3 Å².